The molecule has 0 bridgehead atoms. The monoisotopic (exact) mass is 250 g/mol. The first kappa shape index (κ1) is 11.6. The molecule has 0 atom stereocenters. The molecule has 3 heteroatoms. The second kappa shape index (κ2) is 4.68. The molecule has 0 amide bonds. The molecule has 0 spiro atoms. The van der Waals surface area contributed by atoms with Gasteiger partial charge in [-0.1, -0.05) is 12.8 Å². The number of rotatable bonds is 3. The maximum absolute atomic E-state index is 4.61. The summed E-state index contributed by atoms with van der Waals surface area (Å²) >= 11 is 4.61. The predicted molar refractivity (Wildman–Crippen MR) is 73.6 cm³/mol. The average Bonchev–Trinajstić information content (AvgIpc) is 2.99. The van der Waals surface area contributed by atoms with Crippen molar-refractivity contribution in [3.05, 3.63) is 17.7 Å². The van der Waals surface area contributed by atoms with Crippen molar-refractivity contribution in [3.8, 4) is 0 Å². The fourth-order valence-corrected chi connectivity index (χ4v) is 3.94. The van der Waals surface area contributed by atoms with Crippen LogP contribution in [0.25, 0.3) is 0 Å². The van der Waals surface area contributed by atoms with Crippen LogP contribution in [0.15, 0.2) is 6.33 Å². The zero-order valence-electron chi connectivity index (χ0n) is 10.5. The summed E-state index contributed by atoms with van der Waals surface area (Å²) < 4.78 is 2.44. The van der Waals surface area contributed by atoms with Gasteiger partial charge in [0.05, 0.1) is 12.0 Å². The largest absolute Gasteiger partial charge is 0.334 e. The van der Waals surface area contributed by atoms with Gasteiger partial charge in [-0.2, -0.15) is 12.6 Å². The summed E-state index contributed by atoms with van der Waals surface area (Å²) in [5.41, 5.74) is 3.34. The van der Waals surface area contributed by atoms with Gasteiger partial charge >= 0.3 is 0 Å². The van der Waals surface area contributed by atoms with Crippen molar-refractivity contribution in [2.75, 3.05) is 5.75 Å². The van der Waals surface area contributed by atoms with Crippen LogP contribution in [0.1, 0.15) is 49.9 Å². The standard InChI is InChI=1S/C14H22N2S/c17-10-14(7-3-4-8-14)9-16-11-15-12-5-1-2-6-13(12)16/h11,17H,1-10H2. The number of aromatic nitrogens is 2. The van der Waals surface area contributed by atoms with E-state index in [1.165, 1.54) is 62.8 Å². The van der Waals surface area contributed by atoms with Crippen LogP contribution in [0.3, 0.4) is 0 Å². The average molecular weight is 250 g/mol. The zero-order chi connectivity index (χ0) is 11.7. The molecular formula is C14H22N2S. The molecule has 1 heterocycles. The van der Waals surface area contributed by atoms with E-state index in [0.717, 1.165) is 12.3 Å². The lowest BCUT2D eigenvalue weighted by atomic mass is 9.88. The topological polar surface area (TPSA) is 17.8 Å². The summed E-state index contributed by atoms with van der Waals surface area (Å²) in [5, 5.41) is 0. The van der Waals surface area contributed by atoms with Gasteiger partial charge in [-0.25, -0.2) is 4.98 Å². The summed E-state index contributed by atoms with van der Waals surface area (Å²) in [6.45, 7) is 1.15. The van der Waals surface area contributed by atoms with Crippen molar-refractivity contribution in [2.24, 2.45) is 5.41 Å². The summed E-state index contributed by atoms with van der Waals surface area (Å²) in [4.78, 5) is 4.60. The predicted octanol–water partition coefficient (Wildman–Crippen LogP) is 3.25. The quantitative estimate of drug-likeness (QED) is 0.815. The number of fused-ring (bicyclic) bond motifs is 1. The van der Waals surface area contributed by atoms with Gasteiger partial charge in [0.1, 0.15) is 0 Å². The Morgan fingerprint density at radius 2 is 1.94 bits per heavy atom. The van der Waals surface area contributed by atoms with Gasteiger partial charge in [0, 0.05) is 12.2 Å². The first-order chi connectivity index (χ1) is 8.33. The first-order valence-electron chi connectivity index (χ1n) is 6.97. The smallest absolute Gasteiger partial charge is 0.0951 e. The van der Waals surface area contributed by atoms with E-state index in [-0.39, 0.29) is 0 Å². The van der Waals surface area contributed by atoms with Crippen LogP contribution in [-0.4, -0.2) is 15.3 Å². The Kier molecular flexibility index (Phi) is 3.20. The lowest BCUT2D eigenvalue weighted by Gasteiger charge is -2.28. The number of nitrogens with zero attached hydrogens (tertiary/aromatic N) is 2. The number of aryl methyl sites for hydroxylation is 1. The van der Waals surface area contributed by atoms with Gasteiger partial charge in [-0.15, -0.1) is 0 Å². The van der Waals surface area contributed by atoms with Crippen molar-refractivity contribution < 1.29 is 0 Å². The molecule has 0 radical (unpaired) electrons. The van der Waals surface area contributed by atoms with Crippen molar-refractivity contribution in [1.29, 1.82) is 0 Å². The van der Waals surface area contributed by atoms with Crippen molar-refractivity contribution in [3.63, 3.8) is 0 Å². The summed E-state index contributed by atoms with van der Waals surface area (Å²) in [6.07, 6.45) is 12.6. The highest BCUT2D eigenvalue weighted by Gasteiger charge is 2.33. The van der Waals surface area contributed by atoms with E-state index in [4.69, 9.17) is 0 Å². The fourth-order valence-electron chi connectivity index (χ4n) is 3.52. The van der Waals surface area contributed by atoms with Gasteiger partial charge in [0.15, 0.2) is 0 Å². The molecule has 3 rings (SSSR count). The highest BCUT2D eigenvalue weighted by atomic mass is 32.1. The van der Waals surface area contributed by atoms with Crippen LogP contribution >= 0.6 is 12.6 Å². The molecule has 17 heavy (non-hydrogen) atoms. The molecule has 1 fully saturated rings. The molecule has 0 aromatic carbocycles. The molecule has 1 aromatic heterocycles. The molecule has 0 N–H and O–H groups in total. The Morgan fingerprint density at radius 1 is 1.18 bits per heavy atom. The van der Waals surface area contributed by atoms with E-state index in [1.54, 1.807) is 0 Å². The Morgan fingerprint density at radius 3 is 2.71 bits per heavy atom. The van der Waals surface area contributed by atoms with Crippen LogP contribution in [0.4, 0.5) is 0 Å². The summed E-state index contributed by atoms with van der Waals surface area (Å²) in [7, 11) is 0. The van der Waals surface area contributed by atoms with Crippen molar-refractivity contribution in [1.82, 2.24) is 9.55 Å². The molecule has 0 aliphatic heterocycles. The summed E-state index contributed by atoms with van der Waals surface area (Å²) in [5.74, 6) is 1.03. The van der Waals surface area contributed by atoms with E-state index < -0.39 is 0 Å². The maximum Gasteiger partial charge on any atom is 0.0951 e. The zero-order valence-corrected chi connectivity index (χ0v) is 11.4. The molecule has 2 nitrogen and oxygen atoms in total. The van der Waals surface area contributed by atoms with Gasteiger partial charge in [0.25, 0.3) is 0 Å². The third-order valence-electron chi connectivity index (χ3n) is 4.62. The Bertz CT molecular complexity index is 391. The van der Waals surface area contributed by atoms with E-state index in [9.17, 15) is 0 Å². The lowest BCUT2D eigenvalue weighted by molar-refractivity contribution is 0.286. The minimum Gasteiger partial charge on any atom is -0.334 e. The Labute approximate surface area is 109 Å². The number of imidazole rings is 1. The number of hydrogen-bond donors (Lipinski definition) is 1. The summed E-state index contributed by atoms with van der Waals surface area (Å²) in [6, 6.07) is 0. The maximum atomic E-state index is 4.61. The van der Waals surface area contributed by atoms with Crippen LogP contribution in [0, 0.1) is 5.41 Å². The van der Waals surface area contributed by atoms with E-state index >= 15 is 0 Å². The van der Waals surface area contributed by atoms with Gasteiger partial charge in [0.2, 0.25) is 0 Å². The fraction of sp³-hybridized carbons (Fsp3) is 0.786. The van der Waals surface area contributed by atoms with Crippen molar-refractivity contribution in [2.45, 2.75) is 57.9 Å². The van der Waals surface area contributed by atoms with Gasteiger partial charge < -0.3 is 4.57 Å². The molecule has 0 unspecified atom stereocenters. The van der Waals surface area contributed by atoms with Gasteiger partial charge in [-0.3, -0.25) is 0 Å². The van der Waals surface area contributed by atoms with Crippen LogP contribution in [0.5, 0.6) is 0 Å². The molecule has 1 saturated carbocycles. The number of thiol groups is 1. The Balaban J connectivity index is 1.82. The minimum atomic E-state index is 0.453. The van der Waals surface area contributed by atoms with Crippen LogP contribution in [0.2, 0.25) is 0 Å². The van der Waals surface area contributed by atoms with E-state index in [1.807, 2.05) is 0 Å². The molecule has 94 valence electrons. The highest BCUT2D eigenvalue weighted by Crippen LogP contribution is 2.41. The van der Waals surface area contributed by atoms with E-state index in [2.05, 4.69) is 28.5 Å². The molecule has 2 aliphatic rings. The molecular weight excluding hydrogens is 228 g/mol. The third kappa shape index (κ3) is 2.14. The molecule has 2 aliphatic carbocycles. The second-order valence-corrected chi connectivity index (χ2v) is 6.15. The third-order valence-corrected chi connectivity index (χ3v) is 5.29. The van der Waals surface area contributed by atoms with E-state index in [0.29, 0.717) is 5.41 Å². The number of hydrogen-bond acceptors (Lipinski definition) is 2. The lowest BCUT2D eigenvalue weighted by Crippen LogP contribution is -2.26. The van der Waals surface area contributed by atoms with Crippen LogP contribution < -0.4 is 0 Å². The van der Waals surface area contributed by atoms with Crippen LogP contribution in [-0.2, 0) is 19.4 Å². The highest BCUT2D eigenvalue weighted by molar-refractivity contribution is 7.80. The van der Waals surface area contributed by atoms with Gasteiger partial charge in [-0.05, 0) is 49.7 Å². The Hall–Kier alpha value is -0.440. The second-order valence-electron chi connectivity index (χ2n) is 5.84. The molecule has 0 saturated heterocycles. The SMILES string of the molecule is SCC1(Cn2cnc3c2CCCC3)CCCC1. The molecule has 1 aromatic rings. The first-order valence-corrected chi connectivity index (χ1v) is 7.60. The minimum absolute atomic E-state index is 0.453. The normalized spacial score (nSPS) is 22.6. The van der Waals surface area contributed by atoms with Crippen molar-refractivity contribution >= 4 is 12.6 Å².